The van der Waals surface area contributed by atoms with E-state index in [1.54, 1.807) is 0 Å². The van der Waals surface area contributed by atoms with E-state index in [0.717, 1.165) is 18.8 Å². The summed E-state index contributed by atoms with van der Waals surface area (Å²) >= 11 is 0. The van der Waals surface area contributed by atoms with Gasteiger partial charge < -0.3 is 4.90 Å². The molecule has 6 nitrogen and oxygen atoms in total. The van der Waals surface area contributed by atoms with Crippen molar-refractivity contribution in [1.29, 1.82) is 5.26 Å². The largest absolute Gasteiger partial charge is 0.372 e. The Morgan fingerprint density at radius 2 is 1.55 bits per heavy atom. The molecule has 0 radical (unpaired) electrons. The van der Waals surface area contributed by atoms with Gasteiger partial charge in [0.05, 0.1) is 16.9 Å². The van der Waals surface area contributed by atoms with Crippen molar-refractivity contribution in [2.24, 2.45) is 4.99 Å². The first kappa shape index (κ1) is 21.8. The summed E-state index contributed by atoms with van der Waals surface area (Å²) in [6.45, 7) is 6.00. The number of rotatable bonds is 6. The highest BCUT2D eigenvalue weighted by atomic mass is 16.2. The van der Waals surface area contributed by atoms with E-state index in [9.17, 15) is 10.1 Å². The number of anilines is 2. The van der Waals surface area contributed by atoms with Crippen LogP contribution in [0, 0.1) is 11.3 Å². The number of para-hydroxylation sites is 2. The molecule has 33 heavy (non-hydrogen) atoms. The van der Waals surface area contributed by atoms with Gasteiger partial charge in [0.1, 0.15) is 11.6 Å². The van der Waals surface area contributed by atoms with Gasteiger partial charge in [-0.1, -0.05) is 48.5 Å². The highest BCUT2D eigenvalue weighted by Gasteiger charge is 2.36. The molecule has 1 aliphatic rings. The van der Waals surface area contributed by atoms with Crippen LogP contribution in [0.5, 0.6) is 0 Å². The Morgan fingerprint density at radius 1 is 0.939 bits per heavy atom. The molecule has 0 saturated carbocycles. The van der Waals surface area contributed by atoms with Crippen molar-refractivity contribution in [1.82, 2.24) is 5.43 Å². The van der Waals surface area contributed by atoms with Crippen molar-refractivity contribution < 1.29 is 4.79 Å². The zero-order valence-corrected chi connectivity index (χ0v) is 18.7. The summed E-state index contributed by atoms with van der Waals surface area (Å²) in [6, 6.07) is 28.6. The zero-order chi connectivity index (χ0) is 23.2. The number of carbonyl (C=O) groups is 1. The molecule has 0 aliphatic carbocycles. The molecule has 1 aliphatic heterocycles. The predicted octanol–water partition coefficient (Wildman–Crippen LogP) is 5.09. The minimum atomic E-state index is -0.319. The third-order valence-corrected chi connectivity index (χ3v) is 5.53. The number of hydrazine groups is 1. The Balaban J connectivity index is 1.83. The molecule has 3 aromatic rings. The van der Waals surface area contributed by atoms with Crippen molar-refractivity contribution in [2.75, 3.05) is 23.0 Å². The van der Waals surface area contributed by atoms with Crippen molar-refractivity contribution in [2.45, 2.75) is 13.8 Å². The van der Waals surface area contributed by atoms with E-state index in [4.69, 9.17) is 0 Å². The van der Waals surface area contributed by atoms with Crippen LogP contribution in [0.4, 0.5) is 17.1 Å². The maximum atomic E-state index is 13.5. The second kappa shape index (κ2) is 9.84. The van der Waals surface area contributed by atoms with Crippen molar-refractivity contribution in [3.05, 3.63) is 96.1 Å². The molecule has 6 heteroatoms. The second-order valence-corrected chi connectivity index (χ2v) is 7.46. The Bertz CT molecular complexity index is 1220. The van der Waals surface area contributed by atoms with Gasteiger partial charge in [-0.2, -0.15) is 5.26 Å². The highest BCUT2D eigenvalue weighted by molar-refractivity contribution is 6.36. The van der Waals surface area contributed by atoms with E-state index in [2.05, 4.69) is 35.2 Å². The van der Waals surface area contributed by atoms with Gasteiger partial charge in [-0.25, -0.2) is 10.0 Å². The Hall–Kier alpha value is -4.37. The summed E-state index contributed by atoms with van der Waals surface area (Å²) in [7, 11) is 0. The molecule has 0 spiro atoms. The number of benzene rings is 3. The Morgan fingerprint density at radius 3 is 2.12 bits per heavy atom. The lowest BCUT2D eigenvalue weighted by Gasteiger charge is -2.21. The first-order chi connectivity index (χ1) is 16.2. The van der Waals surface area contributed by atoms with E-state index in [0.29, 0.717) is 22.8 Å². The molecule has 3 aromatic carbocycles. The molecule has 1 saturated heterocycles. The summed E-state index contributed by atoms with van der Waals surface area (Å²) in [5.74, 6) is 0.0275. The van der Waals surface area contributed by atoms with E-state index in [1.165, 1.54) is 5.01 Å². The van der Waals surface area contributed by atoms with Gasteiger partial charge in [0.25, 0.3) is 5.91 Å². The fourth-order valence-corrected chi connectivity index (χ4v) is 3.81. The maximum absolute atomic E-state index is 13.5. The van der Waals surface area contributed by atoms with Gasteiger partial charge in [0, 0.05) is 18.8 Å². The number of hydrogen-bond donors (Lipinski definition) is 1. The number of amides is 1. The molecule has 0 bridgehead atoms. The monoisotopic (exact) mass is 435 g/mol. The maximum Gasteiger partial charge on any atom is 0.282 e. The molecule has 1 fully saturated rings. The number of amidine groups is 1. The van der Waals surface area contributed by atoms with Crippen LogP contribution in [0.15, 0.2) is 95.5 Å². The minimum absolute atomic E-state index is 0.251. The fraction of sp³-hybridized carbons (Fsp3) is 0.148. The van der Waals surface area contributed by atoms with Crippen LogP contribution in [0.3, 0.4) is 0 Å². The van der Waals surface area contributed by atoms with Crippen molar-refractivity contribution in [3.8, 4) is 6.07 Å². The lowest BCUT2D eigenvalue weighted by atomic mass is 9.99. The standard InChI is InChI=1S/C27H25N5O/c1-3-31(4-2)22-17-15-20(16-18-22)24(19-28)25-26(29-21-11-7-5-8-12-21)30-32(27(25)33)23-13-9-6-10-14-23/h5-18H,3-4H2,1-2H3,(H,29,30). The van der Waals surface area contributed by atoms with Gasteiger partial charge in [0.2, 0.25) is 0 Å². The first-order valence-electron chi connectivity index (χ1n) is 11.0. The number of nitriles is 1. The van der Waals surface area contributed by atoms with Crippen LogP contribution in [0.1, 0.15) is 19.4 Å². The second-order valence-electron chi connectivity index (χ2n) is 7.46. The van der Waals surface area contributed by atoms with Crippen LogP contribution in [-0.4, -0.2) is 24.8 Å². The Labute approximate surface area is 194 Å². The third kappa shape index (κ3) is 4.48. The molecule has 1 heterocycles. The summed E-state index contributed by atoms with van der Waals surface area (Å²) < 4.78 is 0. The molecule has 4 rings (SSSR count). The third-order valence-electron chi connectivity index (χ3n) is 5.53. The van der Waals surface area contributed by atoms with Gasteiger partial charge in [-0.05, 0) is 55.8 Å². The topological polar surface area (TPSA) is 71.7 Å². The molecular formula is C27H25N5O. The van der Waals surface area contributed by atoms with Crippen molar-refractivity contribution in [3.63, 3.8) is 0 Å². The lowest BCUT2D eigenvalue weighted by Crippen LogP contribution is -2.35. The summed E-state index contributed by atoms with van der Waals surface area (Å²) in [5, 5.41) is 11.5. The number of allylic oxidation sites excluding steroid dienone is 1. The highest BCUT2D eigenvalue weighted by Crippen LogP contribution is 2.29. The quantitative estimate of drug-likeness (QED) is 0.432. The van der Waals surface area contributed by atoms with Crippen molar-refractivity contribution >= 4 is 34.4 Å². The number of carbonyl (C=O) groups excluding carboxylic acids is 1. The van der Waals surface area contributed by atoms with Crippen LogP contribution in [0.25, 0.3) is 5.57 Å². The van der Waals surface area contributed by atoms with Gasteiger partial charge >= 0.3 is 0 Å². The molecule has 0 aromatic heterocycles. The molecule has 0 unspecified atom stereocenters. The summed E-state index contributed by atoms with van der Waals surface area (Å²) in [6.07, 6.45) is 0. The van der Waals surface area contributed by atoms with E-state index in [1.807, 2.05) is 84.9 Å². The van der Waals surface area contributed by atoms with E-state index in [-0.39, 0.29) is 17.1 Å². The van der Waals surface area contributed by atoms with Crippen LogP contribution >= 0.6 is 0 Å². The molecule has 1 N–H and O–H groups in total. The van der Waals surface area contributed by atoms with Gasteiger partial charge in [0.15, 0.2) is 5.84 Å². The van der Waals surface area contributed by atoms with Crippen LogP contribution in [-0.2, 0) is 4.79 Å². The van der Waals surface area contributed by atoms with E-state index < -0.39 is 0 Å². The van der Waals surface area contributed by atoms with E-state index >= 15 is 0 Å². The normalized spacial score (nSPS) is 15.8. The fourth-order valence-electron chi connectivity index (χ4n) is 3.81. The molecule has 164 valence electrons. The number of nitrogens with zero attached hydrogens (tertiary/aromatic N) is 4. The average molecular weight is 436 g/mol. The van der Waals surface area contributed by atoms with Crippen LogP contribution < -0.4 is 15.3 Å². The SMILES string of the molecule is CCN(CC)c1ccc(C(C#N)=C2C(=O)N(c3ccccc3)NC2=Nc2ccccc2)cc1. The zero-order valence-electron chi connectivity index (χ0n) is 18.7. The number of hydrogen-bond acceptors (Lipinski definition) is 4. The smallest absolute Gasteiger partial charge is 0.282 e. The molecular weight excluding hydrogens is 410 g/mol. The minimum Gasteiger partial charge on any atom is -0.372 e. The summed E-state index contributed by atoms with van der Waals surface area (Å²) in [4.78, 5) is 20.4. The number of nitrogens with one attached hydrogen (secondary N) is 1. The first-order valence-corrected chi connectivity index (χ1v) is 11.0. The van der Waals surface area contributed by atoms with Crippen LogP contribution in [0.2, 0.25) is 0 Å². The Kier molecular flexibility index (Phi) is 6.51. The summed E-state index contributed by atoms with van der Waals surface area (Å²) in [5.41, 5.74) is 6.75. The van der Waals surface area contributed by atoms with Gasteiger partial charge in [-0.3, -0.25) is 10.2 Å². The number of aliphatic imine (C=N–C) groups is 1. The molecule has 0 atom stereocenters. The lowest BCUT2D eigenvalue weighted by molar-refractivity contribution is -0.114. The molecule has 1 amide bonds. The average Bonchev–Trinajstić information content (AvgIpc) is 3.18. The predicted molar refractivity (Wildman–Crippen MR) is 133 cm³/mol. The van der Waals surface area contributed by atoms with Gasteiger partial charge in [-0.15, -0.1) is 0 Å².